The molecule has 0 aliphatic heterocycles. The molecular formula is C24H28N4O2S. The van der Waals surface area contributed by atoms with E-state index in [1.54, 1.807) is 6.08 Å². The molecule has 0 radical (unpaired) electrons. The number of carbonyl (C=O) groups is 1. The van der Waals surface area contributed by atoms with Gasteiger partial charge in [0.25, 0.3) is 0 Å². The average Bonchev–Trinajstić information content (AvgIpc) is 3.07. The van der Waals surface area contributed by atoms with Gasteiger partial charge in [-0.2, -0.15) is 0 Å². The molecule has 31 heavy (non-hydrogen) atoms. The van der Waals surface area contributed by atoms with Crippen LogP contribution in [0.1, 0.15) is 28.1 Å². The number of rotatable bonds is 9. The number of nitrogens with zero attached hydrogens (tertiary/aromatic N) is 3. The van der Waals surface area contributed by atoms with Crippen LogP contribution in [0.15, 0.2) is 54.2 Å². The molecule has 0 aliphatic carbocycles. The van der Waals surface area contributed by atoms with E-state index in [1.807, 2.05) is 62.6 Å². The van der Waals surface area contributed by atoms with E-state index in [0.29, 0.717) is 24.1 Å². The molecule has 3 aromatic rings. The molecule has 0 bridgehead atoms. The number of anilines is 1. The normalized spacial score (nSPS) is 10.7. The smallest absolute Gasteiger partial charge is 0.234 e. The fraction of sp³-hybridized carbons (Fsp3) is 0.292. The molecule has 1 N–H and O–H groups in total. The molecule has 2 aromatic carbocycles. The highest BCUT2D eigenvalue weighted by Gasteiger charge is 2.15. The van der Waals surface area contributed by atoms with E-state index in [9.17, 15) is 4.79 Å². The quantitative estimate of drug-likeness (QED) is 0.377. The van der Waals surface area contributed by atoms with Gasteiger partial charge in [0.15, 0.2) is 11.0 Å². The van der Waals surface area contributed by atoms with Crippen LogP contribution >= 0.6 is 11.8 Å². The molecule has 1 amide bonds. The lowest BCUT2D eigenvalue weighted by atomic mass is 10.1. The first-order valence-corrected chi connectivity index (χ1v) is 11.1. The first-order valence-electron chi connectivity index (χ1n) is 10.1. The Kier molecular flexibility index (Phi) is 7.52. The number of thioether (sulfide) groups is 1. The second-order valence-electron chi connectivity index (χ2n) is 7.52. The molecule has 0 spiro atoms. The molecular weight excluding hydrogens is 408 g/mol. The minimum Gasteiger partial charge on any atom is -0.485 e. The number of amides is 1. The molecule has 0 fully saturated rings. The number of allylic oxidation sites excluding steroid dienone is 1. The number of nitrogens with one attached hydrogen (secondary N) is 1. The van der Waals surface area contributed by atoms with Gasteiger partial charge in [-0.25, -0.2) is 0 Å². The number of benzene rings is 2. The molecule has 0 saturated carbocycles. The number of hydrogen-bond acceptors (Lipinski definition) is 5. The third kappa shape index (κ3) is 5.98. The number of aryl methyl sites for hydroxylation is 4. The number of aromatic nitrogens is 3. The van der Waals surface area contributed by atoms with Crippen LogP contribution in [0.5, 0.6) is 5.75 Å². The number of para-hydroxylation sites is 1. The first kappa shape index (κ1) is 22.6. The first-order chi connectivity index (χ1) is 14.9. The van der Waals surface area contributed by atoms with Crippen molar-refractivity contribution in [1.29, 1.82) is 0 Å². The summed E-state index contributed by atoms with van der Waals surface area (Å²) in [5.41, 5.74) is 5.18. The second-order valence-corrected chi connectivity index (χ2v) is 8.46. The Balaban J connectivity index is 1.65. The van der Waals surface area contributed by atoms with Crippen molar-refractivity contribution in [2.24, 2.45) is 0 Å². The summed E-state index contributed by atoms with van der Waals surface area (Å²) in [6, 6.07) is 12.0. The van der Waals surface area contributed by atoms with Crippen molar-refractivity contribution in [3.05, 3.63) is 77.1 Å². The van der Waals surface area contributed by atoms with Crippen molar-refractivity contribution >= 4 is 23.4 Å². The summed E-state index contributed by atoms with van der Waals surface area (Å²) >= 11 is 1.35. The standard InChI is InChI=1S/C24H28N4O2S/c1-6-10-28-21(14-30-23-18(4)8-7-9-19(23)5)26-27-24(28)31-15-22(29)25-20-12-16(2)11-17(3)13-20/h6-9,11-13H,1,10,14-15H2,2-5H3,(H,25,29). The highest BCUT2D eigenvalue weighted by Crippen LogP contribution is 2.24. The highest BCUT2D eigenvalue weighted by molar-refractivity contribution is 7.99. The van der Waals surface area contributed by atoms with Crippen LogP contribution in [0.2, 0.25) is 0 Å². The van der Waals surface area contributed by atoms with Gasteiger partial charge in [0.1, 0.15) is 12.4 Å². The topological polar surface area (TPSA) is 69.0 Å². The predicted octanol–water partition coefficient (Wildman–Crippen LogP) is 5.01. The van der Waals surface area contributed by atoms with E-state index in [2.05, 4.69) is 28.2 Å². The van der Waals surface area contributed by atoms with Crippen LogP contribution in [-0.2, 0) is 17.9 Å². The fourth-order valence-corrected chi connectivity index (χ4v) is 4.15. The maximum Gasteiger partial charge on any atom is 0.234 e. The summed E-state index contributed by atoms with van der Waals surface area (Å²) in [6.45, 7) is 12.7. The summed E-state index contributed by atoms with van der Waals surface area (Å²) in [4.78, 5) is 12.4. The highest BCUT2D eigenvalue weighted by atomic mass is 32.2. The summed E-state index contributed by atoms with van der Waals surface area (Å²) < 4.78 is 7.96. The van der Waals surface area contributed by atoms with Crippen molar-refractivity contribution in [2.75, 3.05) is 11.1 Å². The van der Waals surface area contributed by atoms with Crippen LogP contribution < -0.4 is 10.1 Å². The van der Waals surface area contributed by atoms with Gasteiger partial charge < -0.3 is 10.1 Å². The van der Waals surface area contributed by atoms with Crippen LogP contribution in [-0.4, -0.2) is 26.4 Å². The summed E-state index contributed by atoms with van der Waals surface area (Å²) in [7, 11) is 0. The number of ether oxygens (including phenoxy) is 1. The zero-order chi connectivity index (χ0) is 22.4. The van der Waals surface area contributed by atoms with Gasteiger partial charge in [-0.3, -0.25) is 9.36 Å². The van der Waals surface area contributed by atoms with Crippen LogP contribution in [0.3, 0.4) is 0 Å². The number of hydrogen-bond donors (Lipinski definition) is 1. The van der Waals surface area contributed by atoms with Gasteiger partial charge in [-0.1, -0.05) is 42.1 Å². The van der Waals surface area contributed by atoms with Crippen LogP contribution in [0, 0.1) is 27.7 Å². The van der Waals surface area contributed by atoms with E-state index in [1.165, 1.54) is 11.8 Å². The van der Waals surface area contributed by atoms with Crippen molar-refractivity contribution in [3.8, 4) is 5.75 Å². The predicted molar refractivity (Wildman–Crippen MR) is 126 cm³/mol. The Morgan fingerprint density at radius 3 is 2.45 bits per heavy atom. The lowest BCUT2D eigenvalue weighted by molar-refractivity contribution is -0.113. The Morgan fingerprint density at radius 2 is 1.81 bits per heavy atom. The molecule has 1 heterocycles. The third-order valence-corrected chi connectivity index (χ3v) is 5.66. The van der Waals surface area contributed by atoms with E-state index < -0.39 is 0 Å². The Hall–Kier alpha value is -3.06. The monoisotopic (exact) mass is 436 g/mol. The average molecular weight is 437 g/mol. The molecule has 0 saturated heterocycles. The molecule has 3 rings (SSSR count). The summed E-state index contributed by atoms with van der Waals surface area (Å²) in [5, 5.41) is 12.2. The summed E-state index contributed by atoms with van der Waals surface area (Å²) in [5.74, 6) is 1.70. The molecule has 6 nitrogen and oxygen atoms in total. The fourth-order valence-electron chi connectivity index (χ4n) is 3.38. The van der Waals surface area contributed by atoms with Gasteiger partial charge in [0.2, 0.25) is 5.91 Å². The van der Waals surface area contributed by atoms with E-state index in [4.69, 9.17) is 4.74 Å². The minimum absolute atomic E-state index is 0.0866. The maximum atomic E-state index is 12.4. The van der Waals surface area contributed by atoms with Crippen LogP contribution in [0.25, 0.3) is 0 Å². The van der Waals surface area contributed by atoms with E-state index >= 15 is 0 Å². The van der Waals surface area contributed by atoms with Gasteiger partial charge >= 0.3 is 0 Å². The largest absolute Gasteiger partial charge is 0.485 e. The van der Waals surface area contributed by atoms with Crippen molar-refractivity contribution in [2.45, 2.75) is 46.0 Å². The van der Waals surface area contributed by atoms with E-state index in [0.717, 1.165) is 33.7 Å². The SMILES string of the molecule is C=CCn1c(COc2c(C)cccc2C)nnc1SCC(=O)Nc1cc(C)cc(C)c1. The molecule has 1 aromatic heterocycles. The van der Waals surface area contributed by atoms with Crippen molar-refractivity contribution in [3.63, 3.8) is 0 Å². The molecule has 162 valence electrons. The molecule has 7 heteroatoms. The third-order valence-electron chi connectivity index (χ3n) is 4.70. The minimum atomic E-state index is -0.0866. The van der Waals surface area contributed by atoms with Crippen LogP contribution in [0.4, 0.5) is 5.69 Å². The maximum absolute atomic E-state index is 12.4. The van der Waals surface area contributed by atoms with Crippen molar-refractivity contribution < 1.29 is 9.53 Å². The Morgan fingerprint density at radius 1 is 1.13 bits per heavy atom. The summed E-state index contributed by atoms with van der Waals surface area (Å²) in [6.07, 6.45) is 1.78. The molecule has 0 atom stereocenters. The Bertz CT molecular complexity index is 1050. The van der Waals surface area contributed by atoms with E-state index in [-0.39, 0.29) is 11.7 Å². The van der Waals surface area contributed by atoms with Gasteiger partial charge in [-0.05, 0) is 62.1 Å². The Labute approximate surface area is 187 Å². The number of carbonyl (C=O) groups excluding carboxylic acids is 1. The molecule has 0 unspecified atom stereocenters. The van der Waals surface area contributed by atoms with Crippen molar-refractivity contribution in [1.82, 2.24) is 14.8 Å². The lowest BCUT2D eigenvalue weighted by Crippen LogP contribution is -2.15. The second kappa shape index (κ2) is 10.3. The van der Waals surface area contributed by atoms with Gasteiger partial charge in [0, 0.05) is 12.2 Å². The molecule has 0 aliphatic rings. The van der Waals surface area contributed by atoms with Gasteiger partial charge in [0.05, 0.1) is 5.75 Å². The lowest BCUT2D eigenvalue weighted by Gasteiger charge is -2.12. The van der Waals surface area contributed by atoms with Gasteiger partial charge in [-0.15, -0.1) is 16.8 Å². The zero-order valence-corrected chi connectivity index (χ0v) is 19.3. The zero-order valence-electron chi connectivity index (χ0n) is 18.4.